The van der Waals surface area contributed by atoms with Crippen molar-refractivity contribution in [1.82, 2.24) is 9.78 Å². The number of rotatable bonds is 5. The van der Waals surface area contributed by atoms with E-state index in [9.17, 15) is 13.2 Å². The van der Waals surface area contributed by atoms with E-state index in [-0.39, 0.29) is 23.9 Å². The van der Waals surface area contributed by atoms with Crippen molar-refractivity contribution in [3.63, 3.8) is 0 Å². The predicted octanol–water partition coefficient (Wildman–Crippen LogP) is 0.108. The number of aromatic nitrogens is 2. The Morgan fingerprint density at radius 1 is 1.47 bits per heavy atom. The van der Waals surface area contributed by atoms with E-state index in [1.165, 1.54) is 12.3 Å². The van der Waals surface area contributed by atoms with Crippen LogP contribution in [-0.4, -0.2) is 36.2 Å². The first kappa shape index (κ1) is 13.7. The van der Waals surface area contributed by atoms with Crippen molar-refractivity contribution in [3.8, 4) is 0 Å². The molecule has 0 atom stereocenters. The average molecular weight is 259 g/mol. The molecule has 0 aliphatic heterocycles. The Morgan fingerprint density at radius 2 is 2.12 bits per heavy atom. The second-order valence-electron chi connectivity index (χ2n) is 4.23. The highest BCUT2D eigenvalue weighted by atomic mass is 32.2. The first-order chi connectivity index (χ1) is 7.78. The Kier molecular flexibility index (Phi) is 4.28. The molecule has 96 valence electrons. The van der Waals surface area contributed by atoms with Crippen molar-refractivity contribution in [1.29, 1.82) is 0 Å². The van der Waals surface area contributed by atoms with Crippen molar-refractivity contribution in [2.75, 3.05) is 17.3 Å². The van der Waals surface area contributed by atoms with E-state index in [4.69, 9.17) is 0 Å². The molecule has 0 aliphatic rings. The molecule has 17 heavy (non-hydrogen) atoms. The number of aryl methyl sites for hydroxylation is 1. The van der Waals surface area contributed by atoms with E-state index >= 15 is 0 Å². The lowest BCUT2D eigenvalue weighted by Crippen LogP contribution is -2.26. The smallest absolute Gasteiger partial charge is 0.268 e. The fourth-order valence-corrected chi connectivity index (χ4v) is 1.77. The monoisotopic (exact) mass is 259 g/mol. The van der Waals surface area contributed by atoms with Crippen LogP contribution in [0.5, 0.6) is 0 Å². The Morgan fingerprint density at radius 3 is 2.59 bits per heavy atom. The van der Waals surface area contributed by atoms with Gasteiger partial charge in [0.25, 0.3) is 5.56 Å². The van der Waals surface area contributed by atoms with Crippen LogP contribution in [-0.2, 0) is 16.4 Å². The summed E-state index contributed by atoms with van der Waals surface area (Å²) in [5.41, 5.74) is 0.333. The molecule has 1 N–H and O–H groups in total. The molecular weight excluding hydrogens is 242 g/mol. The second kappa shape index (κ2) is 5.31. The van der Waals surface area contributed by atoms with Gasteiger partial charge in [0.2, 0.25) is 0 Å². The summed E-state index contributed by atoms with van der Waals surface area (Å²) in [4.78, 5) is 11.6. The van der Waals surface area contributed by atoms with Gasteiger partial charge in [0.05, 0.1) is 24.2 Å². The minimum atomic E-state index is -3.08. The topological polar surface area (TPSA) is 81.1 Å². The standard InChI is InChI=1S/C10H17N3O3S/c1-8(2)12-9-6-10(14)13(11-7-9)4-5-17(3,15)16/h6-8,12H,4-5H2,1-3H3. The Labute approximate surface area is 101 Å². The van der Waals surface area contributed by atoms with Gasteiger partial charge < -0.3 is 5.32 Å². The summed E-state index contributed by atoms with van der Waals surface area (Å²) in [6.07, 6.45) is 2.65. The molecule has 1 aromatic heterocycles. The Hall–Kier alpha value is -1.37. The zero-order valence-electron chi connectivity index (χ0n) is 10.2. The maximum atomic E-state index is 11.6. The van der Waals surface area contributed by atoms with Crippen molar-refractivity contribution in [3.05, 3.63) is 22.6 Å². The fraction of sp³-hybridized carbons (Fsp3) is 0.600. The van der Waals surface area contributed by atoms with Crippen molar-refractivity contribution < 1.29 is 8.42 Å². The predicted molar refractivity (Wildman–Crippen MR) is 67.0 cm³/mol. The van der Waals surface area contributed by atoms with Crippen LogP contribution < -0.4 is 10.9 Å². The molecule has 1 aromatic rings. The van der Waals surface area contributed by atoms with E-state index in [2.05, 4.69) is 10.4 Å². The molecule has 0 unspecified atom stereocenters. The molecule has 0 bridgehead atoms. The largest absolute Gasteiger partial charge is 0.381 e. The molecular formula is C10H17N3O3S. The molecule has 0 saturated heterocycles. The fourth-order valence-electron chi connectivity index (χ4n) is 1.27. The highest BCUT2D eigenvalue weighted by Gasteiger charge is 2.05. The number of hydrogen-bond donors (Lipinski definition) is 1. The molecule has 6 nitrogen and oxygen atoms in total. The maximum absolute atomic E-state index is 11.6. The SMILES string of the molecule is CC(C)Nc1cnn(CCS(C)(=O)=O)c(=O)c1. The van der Waals surface area contributed by atoms with Crippen LogP contribution in [0.2, 0.25) is 0 Å². The first-order valence-corrected chi connectivity index (χ1v) is 7.35. The van der Waals surface area contributed by atoms with Gasteiger partial charge in [-0.2, -0.15) is 5.10 Å². The molecule has 0 radical (unpaired) electrons. The van der Waals surface area contributed by atoms with Gasteiger partial charge in [-0.05, 0) is 13.8 Å². The zero-order chi connectivity index (χ0) is 13.1. The van der Waals surface area contributed by atoms with Gasteiger partial charge in [0, 0.05) is 18.4 Å². The molecule has 0 saturated carbocycles. The molecule has 1 rings (SSSR count). The van der Waals surface area contributed by atoms with Crippen molar-refractivity contribution in [2.24, 2.45) is 0 Å². The van der Waals surface area contributed by atoms with Crippen LogP contribution in [0.25, 0.3) is 0 Å². The third-order valence-corrected chi connectivity index (χ3v) is 2.92. The van der Waals surface area contributed by atoms with Crippen LogP contribution in [0.4, 0.5) is 5.69 Å². The van der Waals surface area contributed by atoms with Crippen LogP contribution in [0.15, 0.2) is 17.1 Å². The lowest BCUT2D eigenvalue weighted by Gasteiger charge is -2.10. The van der Waals surface area contributed by atoms with Crippen LogP contribution in [0, 0.1) is 0 Å². The van der Waals surface area contributed by atoms with Crippen LogP contribution in [0.3, 0.4) is 0 Å². The van der Waals surface area contributed by atoms with Crippen LogP contribution >= 0.6 is 0 Å². The summed E-state index contributed by atoms with van der Waals surface area (Å²) in [7, 11) is -3.08. The summed E-state index contributed by atoms with van der Waals surface area (Å²) in [6, 6.07) is 1.62. The summed E-state index contributed by atoms with van der Waals surface area (Å²) in [5.74, 6) is -0.0864. The van der Waals surface area contributed by atoms with Crippen molar-refractivity contribution in [2.45, 2.75) is 26.4 Å². The maximum Gasteiger partial charge on any atom is 0.268 e. The van der Waals surface area contributed by atoms with Gasteiger partial charge in [-0.15, -0.1) is 0 Å². The van der Waals surface area contributed by atoms with Gasteiger partial charge >= 0.3 is 0 Å². The molecule has 0 spiro atoms. The molecule has 7 heteroatoms. The van der Waals surface area contributed by atoms with Gasteiger partial charge in [0.15, 0.2) is 0 Å². The number of hydrogen-bond acceptors (Lipinski definition) is 5. The molecule has 0 aromatic carbocycles. The minimum absolute atomic E-state index is 0.0830. The molecule has 0 aliphatic carbocycles. The normalized spacial score (nSPS) is 11.8. The molecule has 0 amide bonds. The summed E-state index contributed by atoms with van der Waals surface area (Å²) >= 11 is 0. The number of sulfone groups is 1. The van der Waals surface area contributed by atoms with E-state index in [1.54, 1.807) is 0 Å². The van der Waals surface area contributed by atoms with Gasteiger partial charge in [-0.1, -0.05) is 0 Å². The van der Waals surface area contributed by atoms with Gasteiger partial charge in [0.1, 0.15) is 9.84 Å². The van der Waals surface area contributed by atoms with E-state index < -0.39 is 9.84 Å². The average Bonchev–Trinajstić information content (AvgIpc) is 2.13. The summed E-state index contributed by atoms with van der Waals surface area (Å²) in [5, 5.41) is 6.96. The Balaban J connectivity index is 2.80. The van der Waals surface area contributed by atoms with Gasteiger partial charge in [-0.3, -0.25) is 4.79 Å². The number of nitrogens with one attached hydrogen (secondary N) is 1. The Bertz CT molecular complexity index is 534. The quantitative estimate of drug-likeness (QED) is 0.811. The van der Waals surface area contributed by atoms with E-state index in [0.717, 1.165) is 10.9 Å². The number of nitrogens with zero attached hydrogens (tertiary/aromatic N) is 2. The lowest BCUT2D eigenvalue weighted by molar-refractivity contribution is 0.575. The second-order valence-corrected chi connectivity index (χ2v) is 6.49. The lowest BCUT2D eigenvalue weighted by atomic mass is 10.3. The molecule has 1 heterocycles. The first-order valence-electron chi connectivity index (χ1n) is 5.29. The third-order valence-electron chi connectivity index (χ3n) is 2.00. The van der Waals surface area contributed by atoms with Gasteiger partial charge in [-0.25, -0.2) is 13.1 Å². The number of anilines is 1. The third kappa shape index (κ3) is 4.99. The molecule has 0 fully saturated rings. The highest BCUT2D eigenvalue weighted by Crippen LogP contribution is 2.01. The van der Waals surface area contributed by atoms with Crippen LogP contribution in [0.1, 0.15) is 13.8 Å². The summed E-state index contributed by atoms with van der Waals surface area (Å²) in [6.45, 7) is 3.99. The zero-order valence-corrected chi connectivity index (χ0v) is 11.0. The van der Waals surface area contributed by atoms with E-state index in [0.29, 0.717) is 5.69 Å². The highest BCUT2D eigenvalue weighted by molar-refractivity contribution is 7.90. The minimum Gasteiger partial charge on any atom is -0.381 e. The summed E-state index contributed by atoms with van der Waals surface area (Å²) < 4.78 is 23.1. The van der Waals surface area contributed by atoms with E-state index in [1.807, 2.05) is 13.8 Å². The van der Waals surface area contributed by atoms with Crippen molar-refractivity contribution >= 4 is 15.5 Å².